The third-order valence-electron chi connectivity index (χ3n) is 3.15. The number of aromatic hydroxyl groups is 3. The molecule has 0 radical (unpaired) electrons. The Morgan fingerprint density at radius 2 is 1.65 bits per heavy atom. The molecule has 0 bridgehead atoms. The Balaban J connectivity index is 2.03. The second-order valence-electron chi connectivity index (χ2n) is 4.62. The van der Waals surface area contributed by atoms with Gasteiger partial charge in [-0.3, -0.25) is 0 Å². The summed E-state index contributed by atoms with van der Waals surface area (Å²) in [5.41, 5.74) is 1.46. The average Bonchev–Trinajstić information content (AvgIpc) is 3.01. The van der Waals surface area contributed by atoms with Crippen molar-refractivity contribution in [3.05, 3.63) is 33.9 Å². The van der Waals surface area contributed by atoms with Crippen molar-refractivity contribution in [3.8, 4) is 44.1 Å². The maximum atomic E-state index is 9.67. The first-order chi connectivity index (χ1) is 11.0. The summed E-state index contributed by atoms with van der Waals surface area (Å²) in [7, 11) is 1.48. The van der Waals surface area contributed by atoms with Gasteiger partial charge in [-0.15, -0.1) is 10.2 Å². The number of phenols is 3. The topological polar surface area (TPSA) is 95.7 Å². The number of methoxy groups -OCH3 is 1. The number of phenolic OH excluding ortho intramolecular Hbond substituents is 3. The maximum Gasteiger partial charge on any atom is 0.161 e. The van der Waals surface area contributed by atoms with Crippen LogP contribution in [0.4, 0.5) is 0 Å². The van der Waals surface area contributed by atoms with Crippen molar-refractivity contribution >= 4 is 33.9 Å². The van der Waals surface area contributed by atoms with Crippen LogP contribution in [-0.4, -0.2) is 32.6 Å². The van der Waals surface area contributed by atoms with Crippen molar-refractivity contribution in [3.63, 3.8) is 0 Å². The smallest absolute Gasteiger partial charge is 0.161 e. The molecule has 3 rings (SSSR count). The molecule has 2 aromatic carbocycles. The Kier molecular flexibility index (Phi) is 4.26. The zero-order chi connectivity index (χ0) is 16.6. The van der Waals surface area contributed by atoms with Gasteiger partial charge in [-0.1, -0.05) is 11.3 Å². The van der Waals surface area contributed by atoms with E-state index in [-0.39, 0.29) is 17.2 Å². The van der Waals surface area contributed by atoms with E-state index in [1.807, 2.05) is 0 Å². The van der Waals surface area contributed by atoms with E-state index < -0.39 is 0 Å². The highest BCUT2D eigenvalue weighted by Gasteiger charge is 2.15. The van der Waals surface area contributed by atoms with E-state index in [4.69, 9.17) is 4.74 Å². The third-order valence-corrected chi connectivity index (χ3v) is 5.04. The van der Waals surface area contributed by atoms with E-state index in [0.717, 1.165) is 9.13 Å². The monoisotopic (exact) mass is 442 g/mol. The van der Waals surface area contributed by atoms with Gasteiger partial charge in [0.2, 0.25) is 0 Å². The molecular weight excluding hydrogens is 431 g/mol. The number of halogens is 1. The lowest BCUT2D eigenvalue weighted by molar-refractivity contribution is 0.373. The Labute approximate surface area is 149 Å². The molecule has 0 spiro atoms. The minimum absolute atomic E-state index is 0.0546. The molecule has 6 nitrogen and oxygen atoms in total. The van der Waals surface area contributed by atoms with Crippen LogP contribution in [0.5, 0.6) is 23.0 Å². The predicted molar refractivity (Wildman–Crippen MR) is 95.0 cm³/mol. The first kappa shape index (κ1) is 15.8. The van der Waals surface area contributed by atoms with E-state index in [1.165, 1.54) is 36.6 Å². The van der Waals surface area contributed by atoms with Crippen LogP contribution in [0.3, 0.4) is 0 Å². The summed E-state index contributed by atoms with van der Waals surface area (Å²) in [5.74, 6) is 0.0322. The highest BCUT2D eigenvalue weighted by atomic mass is 127. The summed E-state index contributed by atoms with van der Waals surface area (Å²) in [6, 6.07) is 7.86. The lowest BCUT2D eigenvalue weighted by Crippen LogP contribution is -1.85. The maximum absolute atomic E-state index is 9.67. The molecule has 8 heteroatoms. The van der Waals surface area contributed by atoms with Gasteiger partial charge in [-0.25, -0.2) is 0 Å². The van der Waals surface area contributed by atoms with Crippen molar-refractivity contribution in [2.75, 3.05) is 7.11 Å². The minimum atomic E-state index is -0.205. The average molecular weight is 442 g/mol. The standard InChI is InChI=1S/C15H11IN2O4S/c1-22-13-4-7(2-3-10(13)19)14-17-18-15(23-14)8-5-11(20)12(21)6-9(8)16/h2-6,19-21H,1H3. The lowest BCUT2D eigenvalue weighted by Gasteiger charge is -2.04. The Hall–Kier alpha value is -2.07. The molecule has 1 aromatic heterocycles. The highest BCUT2D eigenvalue weighted by molar-refractivity contribution is 14.1. The lowest BCUT2D eigenvalue weighted by atomic mass is 10.2. The fourth-order valence-electron chi connectivity index (χ4n) is 1.97. The number of benzene rings is 2. The molecule has 118 valence electrons. The second-order valence-corrected chi connectivity index (χ2v) is 6.76. The molecular formula is C15H11IN2O4S. The molecule has 0 aliphatic heterocycles. The van der Waals surface area contributed by atoms with Gasteiger partial charge in [0.25, 0.3) is 0 Å². The Morgan fingerprint density at radius 3 is 2.39 bits per heavy atom. The first-order valence-electron chi connectivity index (χ1n) is 6.42. The van der Waals surface area contributed by atoms with Gasteiger partial charge in [-0.05, 0) is 52.9 Å². The number of aromatic nitrogens is 2. The van der Waals surface area contributed by atoms with Crippen LogP contribution in [0, 0.1) is 3.57 Å². The number of ether oxygens (including phenoxy) is 1. The molecule has 0 fully saturated rings. The quantitative estimate of drug-likeness (QED) is 0.424. The largest absolute Gasteiger partial charge is 0.504 e. The molecule has 0 saturated heterocycles. The van der Waals surface area contributed by atoms with E-state index >= 15 is 0 Å². The van der Waals surface area contributed by atoms with Gasteiger partial charge in [0.15, 0.2) is 23.0 Å². The molecule has 3 N–H and O–H groups in total. The molecule has 0 unspecified atom stereocenters. The zero-order valence-corrected chi connectivity index (χ0v) is 14.8. The molecule has 0 saturated carbocycles. The highest BCUT2D eigenvalue weighted by Crippen LogP contribution is 2.39. The predicted octanol–water partition coefficient (Wildman–Crippen LogP) is 3.60. The van der Waals surface area contributed by atoms with Crippen LogP contribution < -0.4 is 4.74 Å². The van der Waals surface area contributed by atoms with E-state index in [0.29, 0.717) is 21.3 Å². The molecule has 1 heterocycles. The molecule has 0 aliphatic carbocycles. The SMILES string of the molecule is COc1cc(-c2nnc(-c3cc(O)c(O)cc3I)s2)ccc1O. The fourth-order valence-corrected chi connectivity index (χ4v) is 3.73. The zero-order valence-electron chi connectivity index (χ0n) is 11.8. The summed E-state index contributed by atoms with van der Waals surface area (Å²) in [4.78, 5) is 0. The number of hydrogen-bond donors (Lipinski definition) is 3. The van der Waals surface area contributed by atoms with E-state index in [1.54, 1.807) is 12.1 Å². The van der Waals surface area contributed by atoms with Crippen LogP contribution in [0.25, 0.3) is 21.1 Å². The molecule has 0 atom stereocenters. The number of hydrogen-bond acceptors (Lipinski definition) is 7. The van der Waals surface area contributed by atoms with Gasteiger partial charge in [-0.2, -0.15) is 0 Å². The number of nitrogens with zero attached hydrogens (tertiary/aromatic N) is 2. The van der Waals surface area contributed by atoms with Gasteiger partial charge >= 0.3 is 0 Å². The van der Waals surface area contributed by atoms with Crippen molar-refractivity contribution in [1.29, 1.82) is 0 Å². The molecule has 23 heavy (non-hydrogen) atoms. The van der Waals surface area contributed by atoms with Gasteiger partial charge in [0, 0.05) is 14.7 Å². The van der Waals surface area contributed by atoms with Crippen LogP contribution in [0.1, 0.15) is 0 Å². The van der Waals surface area contributed by atoms with Crippen LogP contribution in [0.2, 0.25) is 0 Å². The summed E-state index contributed by atoms with van der Waals surface area (Å²) >= 11 is 3.40. The number of rotatable bonds is 3. The van der Waals surface area contributed by atoms with Gasteiger partial charge in [0.1, 0.15) is 10.0 Å². The molecule has 0 aliphatic rings. The third kappa shape index (κ3) is 3.04. The van der Waals surface area contributed by atoms with E-state index in [9.17, 15) is 15.3 Å². The van der Waals surface area contributed by atoms with Gasteiger partial charge in [0.05, 0.1) is 7.11 Å². The Morgan fingerprint density at radius 1 is 0.957 bits per heavy atom. The molecule has 0 amide bonds. The summed E-state index contributed by atoms with van der Waals surface area (Å²) < 4.78 is 5.84. The minimum Gasteiger partial charge on any atom is -0.504 e. The van der Waals surface area contributed by atoms with Crippen LogP contribution >= 0.6 is 33.9 Å². The first-order valence-corrected chi connectivity index (χ1v) is 8.32. The summed E-state index contributed by atoms with van der Waals surface area (Å²) in [6.07, 6.45) is 0. The van der Waals surface area contributed by atoms with Crippen molar-refractivity contribution in [2.24, 2.45) is 0 Å². The summed E-state index contributed by atoms with van der Waals surface area (Å²) in [5, 5.41) is 38.4. The van der Waals surface area contributed by atoms with Gasteiger partial charge < -0.3 is 20.1 Å². The van der Waals surface area contributed by atoms with E-state index in [2.05, 4.69) is 32.8 Å². The summed E-state index contributed by atoms with van der Waals surface area (Å²) in [6.45, 7) is 0. The van der Waals surface area contributed by atoms with Crippen molar-refractivity contribution < 1.29 is 20.1 Å². The second kappa shape index (κ2) is 6.20. The Bertz CT molecular complexity index is 882. The van der Waals surface area contributed by atoms with Crippen LogP contribution in [-0.2, 0) is 0 Å². The van der Waals surface area contributed by atoms with Crippen LogP contribution in [0.15, 0.2) is 30.3 Å². The molecule has 3 aromatic rings. The fraction of sp³-hybridized carbons (Fsp3) is 0.0667. The van der Waals surface area contributed by atoms with Crippen molar-refractivity contribution in [2.45, 2.75) is 0 Å². The normalized spacial score (nSPS) is 10.7. The van der Waals surface area contributed by atoms with Crippen molar-refractivity contribution in [1.82, 2.24) is 10.2 Å².